The number of halogens is 3. The fourth-order valence-corrected chi connectivity index (χ4v) is 3.50. The number of benzene rings is 1. The quantitative estimate of drug-likeness (QED) is 0.698. The van der Waals surface area contributed by atoms with Crippen LogP contribution >= 0.6 is 0 Å². The van der Waals surface area contributed by atoms with Crippen molar-refractivity contribution < 1.29 is 18.0 Å². The second-order valence-corrected chi connectivity index (χ2v) is 7.00. The fourth-order valence-electron chi connectivity index (χ4n) is 3.50. The number of likely N-dealkylation sites (tertiary alicyclic amines) is 1. The molecule has 1 aliphatic rings. The van der Waals surface area contributed by atoms with Crippen molar-refractivity contribution in [2.24, 2.45) is 0 Å². The van der Waals surface area contributed by atoms with Crippen LogP contribution < -0.4 is 5.32 Å². The first-order chi connectivity index (χ1) is 14.4. The Bertz CT molecular complexity index is 1010. The zero-order chi connectivity index (χ0) is 21.1. The third-order valence-corrected chi connectivity index (χ3v) is 5.05. The van der Waals surface area contributed by atoms with Gasteiger partial charge in [0.1, 0.15) is 18.5 Å². The smallest absolute Gasteiger partial charge is 0.340 e. The Balaban J connectivity index is 1.49. The molecule has 0 bridgehead atoms. The number of anilines is 2. The summed E-state index contributed by atoms with van der Waals surface area (Å²) in [6.07, 6.45) is 1.68. The second kappa shape index (κ2) is 8.13. The highest BCUT2D eigenvalue weighted by Crippen LogP contribution is 2.32. The van der Waals surface area contributed by atoms with E-state index in [2.05, 4.69) is 20.4 Å². The molecule has 30 heavy (non-hydrogen) atoms. The van der Waals surface area contributed by atoms with Crippen LogP contribution in [0.3, 0.4) is 0 Å². The molecule has 0 radical (unpaired) electrons. The van der Waals surface area contributed by atoms with Crippen LogP contribution in [0.1, 0.15) is 34.8 Å². The Morgan fingerprint density at radius 2 is 1.93 bits per heavy atom. The number of carbonyl (C=O) groups is 1. The number of hydrogen-bond acceptors (Lipinski definition) is 5. The molecule has 1 aromatic carbocycles. The third-order valence-electron chi connectivity index (χ3n) is 5.05. The average Bonchev–Trinajstić information content (AvgIpc) is 3.28. The summed E-state index contributed by atoms with van der Waals surface area (Å²) in [5.41, 5.74) is -0.247. The van der Waals surface area contributed by atoms with E-state index >= 15 is 0 Å². The summed E-state index contributed by atoms with van der Waals surface area (Å²) in [5.74, 6) is 0.00911. The summed E-state index contributed by atoms with van der Waals surface area (Å²) < 4.78 is 40.7. The maximum atomic E-state index is 13.1. The predicted octanol–water partition coefficient (Wildman–Crippen LogP) is 3.91. The maximum absolute atomic E-state index is 13.1. The van der Waals surface area contributed by atoms with Gasteiger partial charge in [0.15, 0.2) is 0 Å². The van der Waals surface area contributed by atoms with Crippen molar-refractivity contribution in [3.8, 4) is 0 Å². The van der Waals surface area contributed by atoms with Crippen LogP contribution in [0, 0.1) is 0 Å². The predicted molar refractivity (Wildman–Crippen MR) is 103 cm³/mol. The zero-order valence-electron chi connectivity index (χ0n) is 15.9. The molecular weight excluding hydrogens is 397 g/mol. The lowest BCUT2D eigenvalue weighted by Gasteiger charge is -2.32. The van der Waals surface area contributed by atoms with Gasteiger partial charge in [0.25, 0.3) is 5.91 Å². The topological polar surface area (TPSA) is 75.9 Å². The summed E-state index contributed by atoms with van der Waals surface area (Å²) >= 11 is 0. The molecule has 0 spiro atoms. The number of nitrogens with one attached hydrogen (secondary N) is 1. The minimum Gasteiger partial charge on any atom is -0.340 e. The fraction of sp³-hybridized carbons (Fsp3) is 0.300. The van der Waals surface area contributed by atoms with Crippen LogP contribution in [0.5, 0.6) is 0 Å². The SMILES string of the molecule is O=C(c1cccnc1Nc1cccc(C(F)(F)F)c1)N1CCC(n2cncn2)CC1. The van der Waals surface area contributed by atoms with Crippen molar-refractivity contribution in [2.75, 3.05) is 18.4 Å². The van der Waals surface area contributed by atoms with Crippen molar-refractivity contribution in [3.63, 3.8) is 0 Å². The molecule has 3 aromatic rings. The summed E-state index contributed by atoms with van der Waals surface area (Å²) in [6, 6.07) is 8.24. The molecule has 1 saturated heterocycles. The first kappa shape index (κ1) is 19.9. The van der Waals surface area contributed by atoms with Crippen LogP contribution in [0.2, 0.25) is 0 Å². The first-order valence-corrected chi connectivity index (χ1v) is 9.44. The molecule has 0 atom stereocenters. The number of amides is 1. The molecule has 3 heterocycles. The van der Waals surface area contributed by atoms with Crippen LogP contribution in [-0.4, -0.2) is 43.6 Å². The normalized spacial score (nSPS) is 15.2. The Kier molecular flexibility index (Phi) is 5.39. The third kappa shape index (κ3) is 4.27. The summed E-state index contributed by atoms with van der Waals surface area (Å²) in [7, 11) is 0. The Labute approximate surface area is 170 Å². The molecule has 0 unspecified atom stereocenters. The lowest BCUT2D eigenvalue weighted by molar-refractivity contribution is -0.137. The Morgan fingerprint density at radius 3 is 2.63 bits per heavy atom. The molecule has 10 heteroatoms. The lowest BCUT2D eigenvalue weighted by atomic mass is 10.0. The van der Waals surface area contributed by atoms with Gasteiger partial charge in [-0.05, 0) is 43.2 Å². The van der Waals surface area contributed by atoms with Gasteiger partial charge in [-0.1, -0.05) is 6.07 Å². The highest BCUT2D eigenvalue weighted by Gasteiger charge is 2.31. The number of piperidine rings is 1. The van der Waals surface area contributed by atoms with Crippen molar-refractivity contribution in [3.05, 3.63) is 66.4 Å². The van der Waals surface area contributed by atoms with Crippen LogP contribution in [-0.2, 0) is 6.18 Å². The van der Waals surface area contributed by atoms with Gasteiger partial charge in [-0.15, -0.1) is 0 Å². The van der Waals surface area contributed by atoms with Crippen LogP contribution in [0.4, 0.5) is 24.7 Å². The zero-order valence-corrected chi connectivity index (χ0v) is 15.9. The van der Waals surface area contributed by atoms with Gasteiger partial charge in [0.05, 0.1) is 17.2 Å². The van der Waals surface area contributed by atoms with E-state index in [9.17, 15) is 18.0 Å². The number of rotatable bonds is 4. The maximum Gasteiger partial charge on any atom is 0.416 e. The molecule has 1 N–H and O–H groups in total. The molecule has 2 aromatic heterocycles. The molecular formula is C20H19F3N6O. The minimum absolute atomic E-state index is 0.188. The molecule has 156 valence electrons. The molecule has 0 saturated carbocycles. The summed E-state index contributed by atoms with van der Waals surface area (Å²) in [6.45, 7) is 1.09. The number of hydrogen-bond donors (Lipinski definition) is 1. The van der Waals surface area contributed by atoms with Crippen molar-refractivity contribution >= 4 is 17.4 Å². The van der Waals surface area contributed by atoms with Crippen molar-refractivity contribution in [2.45, 2.75) is 25.1 Å². The van der Waals surface area contributed by atoms with Crippen LogP contribution in [0.25, 0.3) is 0 Å². The highest BCUT2D eigenvalue weighted by molar-refractivity contribution is 5.99. The monoisotopic (exact) mass is 416 g/mol. The van der Waals surface area contributed by atoms with E-state index in [1.807, 2.05) is 0 Å². The Hall–Kier alpha value is -3.43. The highest BCUT2D eigenvalue weighted by atomic mass is 19.4. The van der Waals surface area contributed by atoms with Gasteiger partial charge in [-0.3, -0.25) is 4.79 Å². The molecule has 7 nitrogen and oxygen atoms in total. The van der Waals surface area contributed by atoms with Crippen molar-refractivity contribution in [1.82, 2.24) is 24.6 Å². The molecule has 1 aliphatic heterocycles. The van der Waals surface area contributed by atoms with Gasteiger partial charge < -0.3 is 10.2 Å². The first-order valence-electron chi connectivity index (χ1n) is 9.44. The van der Waals surface area contributed by atoms with E-state index in [-0.39, 0.29) is 23.5 Å². The van der Waals surface area contributed by atoms with Gasteiger partial charge in [-0.25, -0.2) is 14.6 Å². The average molecular weight is 416 g/mol. The van der Waals surface area contributed by atoms with E-state index in [0.29, 0.717) is 18.7 Å². The lowest BCUT2D eigenvalue weighted by Crippen LogP contribution is -2.39. The number of nitrogens with zero attached hydrogens (tertiary/aromatic N) is 5. The van der Waals surface area contributed by atoms with Gasteiger partial charge in [-0.2, -0.15) is 18.3 Å². The molecule has 1 fully saturated rings. The number of aromatic nitrogens is 4. The van der Waals surface area contributed by atoms with Crippen molar-refractivity contribution in [1.29, 1.82) is 0 Å². The standard InChI is InChI=1S/C20H19F3N6O/c21-20(22,23)14-3-1-4-15(11-14)27-18-17(5-2-8-25-18)19(30)28-9-6-16(7-10-28)29-13-24-12-26-29/h1-5,8,11-13,16H,6-7,9-10H2,(H,25,27). The molecule has 1 amide bonds. The number of alkyl halides is 3. The van der Waals surface area contributed by atoms with Gasteiger partial charge in [0.2, 0.25) is 0 Å². The largest absolute Gasteiger partial charge is 0.416 e. The van der Waals surface area contributed by atoms with Gasteiger partial charge in [0, 0.05) is 25.0 Å². The van der Waals surface area contributed by atoms with E-state index in [4.69, 9.17) is 0 Å². The molecule has 0 aliphatic carbocycles. The summed E-state index contributed by atoms with van der Waals surface area (Å²) in [5, 5.41) is 7.01. The van der Waals surface area contributed by atoms with E-state index in [0.717, 1.165) is 25.0 Å². The number of pyridine rings is 1. The van der Waals surface area contributed by atoms with Gasteiger partial charge >= 0.3 is 6.18 Å². The second-order valence-electron chi connectivity index (χ2n) is 7.00. The summed E-state index contributed by atoms with van der Waals surface area (Å²) in [4.78, 5) is 22.9. The Morgan fingerprint density at radius 1 is 1.13 bits per heavy atom. The van der Waals surface area contributed by atoms with E-state index < -0.39 is 11.7 Å². The van der Waals surface area contributed by atoms with Crippen LogP contribution in [0.15, 0.2) is 55.2 Å². The number of carbonyl (C=O) groups excluding carboxylic acids is 1. The minimum atomic E-state index is -4.45. The molecule has 4 rings (SSSR count). The van der Waals surface area contributed by atoms with E-state index in [1.54, 1.807) is 28.0 Å². The van der Waals surface area contributed by atoms with E-state index in [1.165, 1.54) is 24.7 Å².